The molecule has 1 fully saturated rings. The Morgan fingerprint density at radius 3 is 2.69 bits per heavy atom. The van der Waals surface area contributed by atoms with Crippen LogP contribution in [0.5, 0.6) is 0 Å². The van der Waals surface area contributed by atoms with Gasteiger partial charge in [0.15, 0.2) is 5.01 Å². The second-order valence-electron chi connectivity index (χ2n) is 8.27. The van der Waals surface area contributed by atoms with Gasteiger partial charge in [-0.3, -0.25) is 9.48 Å². The van der Waals surface area contributed by atoms with Gasteiger partial charge in [-0.15, -0.1) is 11.3 Å². The summed E-state index contributed by atoms with van der Waals surface area (Å²) in [6.45, 7) is 3.64. The molecule has 4 rings (SSSR count). The van der Waals surface area contributed by atoms with E-state index in [4.69, 9.17) is 5.10 Å². The average Bonchev–Trinajstić information content (AvgIpc) is 3.36. The molecule has 7 nitrogen and oxygen atoms in total. The van der Waals surface area contributed by atoms with Crippen molar-refractivity contribution in [2.45, 2.75) is 51.2 Å². The number of hydrogen-bond acceptors (Lipinski definition) is 6. The number of nitrogens with one attached hydrogen (secondary N) is 1. The summed E-state index contributed by atoms with van der Waals surface area (Å²) >= 11 is 1.27. The highest BCUT2D eigenvalue weighted by molar-refractivity contribution is 7.11. The van der Waals surface area contributed by atoms with E-state index in [-0.39, 0.29) is 12.5 Å². The van der Waals surface area contributed by atoms with Crippen LogP contribution < -0.4 is 5.32 Å². The van der Waals surface area contributed by atoms with Gasteiger partial charge in [-0.25, -0.2) is 4.98 Å². The van der Waals surface area contributed by atoms with Crippen molar-refractivity contribution in [2.24, 2.45) is 5.92 Å². The zero-order chi connectivity index (χ0) is 20.6. The molecule has 0 unspecified atom stereocenters. The summed E-state index contributed by atoms with van der Waals surface area (Å²) < 4.78 is 2.00. The first-order valence-electron chi connectivity index (χ1n) is 9.92. The molecule has 2 aromatic heterocycles. The third-order valence-electron chi connectivity index (χ3n) is 5.64. The molecular weight excluding hydrogens is 388 g/mol. The lowest BCUT2D eigenvalue weighted by molar-refractivity contribution is 0.0794. The molecule has 1 amide bonds. The SMILES string of the molecule is CC(C)(O)c1cc2nn([C@H]3CC[C@H](CO)CC3)cc2cc1NC(=O)c1nccs1. The van der Waals surface area contributed by atoms with Gasteiger partial charge in [0.25, 0.3) is 5.91 Å². The van der Waals surface area contributed by atoms with E-state index in [2.05, 4.69) is 10.3 Å². The molecule has 154 valence electrons. The van der Waals surface area contributed by atoms with Gasteiger partial charge in [0, 0.05) is 41.0 Å². The number of benzene rings is 1. The Bertz CT molecular complexity index is 999. The van der Waals surface area contributed by atoms with E-state index < -0.39 is 5.60 Å². The fraction of sp³-hybridized carbons (Fsp3) is 0.476. The number of aliphatic hydroxyl groups excluding tert-OH is 1. The van der Waals surface area contributed by atoms with E-state index in [1.165, 1.54) is 11.3 Å². The first-order chi connectivity index (χ1) is 13.8. The number of fused-ring (bicyclic) bond motifs is 1. The van der Waals surface area contributed by atoms with Crippen LogP contribution in [0.25, 0.3) is 10.9 Å². The summed E-state index contributed by atoms with van der Waals surface area (Å²) in [5, 5.41) is 30.7. The van der Waals surface area contributed by atoms with E-state index in [0.29, 0.717) is 28.2 Å². The van der Waals surface area contributed by atoms with Crippen molar-refractivity contribution in [2.75, 3.05) is 11.9 Å². The number of carbonyl (C=O) groups excluding carboxylic acids is 1. The molecule has 2 heterocycles. The van der Waals surface area contributed by atoms with Crippen molar-refractivity contribution in [3.8, 4) is 0 Å². The van der Waals surface area contributed by atoms with Gasteiger partial charge in [0.05, 0.1) is 17.2 Å². The van der Waals surface area contributed by atoms with Crippen molar-refractivity contribution >= 4 is 33.8 Å². The Morgan fingerprint density at radius 1 is 1.31 bits per heavy atom. The minimum absolute atomic E-state index is 0.255. The van der Waals surface area contributed by atoms with E-state index in [9.17, 15) is 15.0 Å². The number of aromatic nitrogens is 3. The molecule has 0 aliphatic heterocycles. The number of anilines is 1. The number of rotatable bonds is 5. The van der Waals surface area contributed by atoms with E-state index in [1.54, 1.807) is 25.4 Å². The lowest BCUT2D eigenvalue weighted by Gasteiger charge is -2.27. The summed E-state index contributed by atoms with van der Waals surface area (Å²) in [7, 11) is 0. The quantitative estimate of drug-likeness (QED) is 0.591. The summed E-state index contributed by atoms with van der Waals surface area (Å²) in [6.07, 6.45) is 7.58. The van der Waals surface area contributed by atoms with E-state index in [1.807, 2.05) is 23.0 Å². The van der Waals surface area contributed by atoms with Gasteiger partial charge in [-0.1, -0.05) is 0 Å². The van der Waals surface area contributed by atoms with E-state index in [0.717, 1.165) is 36.6 Å². The normalized spacial score (nSPS) is 20.1. The lowest BCUT2D eigenvalue weighted by atomic mass is 9.87. The fourth-order valence-corrected chi connectivity index (χ4v) is 4.52. The number of nitrogens with zero attached hydrogens (tertiary/aromatic N) is 3. The van der Waals surface area contributed by atoms with Crippen molar-refractivity contribution in [3.05, 3.63) is 40.5 Å². The number of thiazole rings is 1. The highest BCUT2D eigenvalue weighted by atomic mass is 32.1. The largest absolute Gasteiger partial charge is 0.396 e. The maximum atomic E-state index is 12.5. The highest BCUT2D eigenvalue weighted by Gasteiger charge is 2.26. The van der Waals surface area contributed by atoms with Crippen LogP contribution in [0.4, 0.5) is 5.69 Å². The first-order valence-corrected chi connectivity index (χ1v) is 10.8. The van der Waals surface area contributed by atoms with Gasteiger partial charge < -0.3 is 15.5 Å². The average molecular weight is 415 g/mol. The van der Waals surface area contributed by atoms with Crippen LogP contribution in [0.3, 0.4) is 0 Å². The third kappa shape index (κ3) is 4.19. The molecule has 3 N–H and O–H groups in total. The zero-order valence-electron chi connectivity index (χ0n) is 16.6. The first kappa shape index (κ1) is 20.0. The van der Waals surface area contributed by atoms with Crippen molar-refractivity contribution < 1.29 is 15.0 Å². The molecule has 0 radical (unpaired) electrons. The molecule has 8 heteroatoms. The van der Waals surface area contributed by atoms with Crippen LogP contribution >= 0.6 is 11.3 Å². The molecule has 29 heavy (non-hydrogen) atoms. The number of hydrogen-bond donors (Lipinski definition) is 3. The molecule has 1 aliphatic carbocycles. The maximum absolute atomic E-state index is 12.5. The van der Waals surface area contributed by atoms with Crippen LogP contribution in [0.15, 0.2) is 29.9 Å². The summed E-state index contributed by atoms with van der Waals surface area (Å²) in [6, 6.07) is 4.03. The molecule has 1 saturated carbocycles. The predicted octanol–water partition coefficient (Wildman–Crippen LogP) is 3.70. The smallest absolute Gasteiger partial charge is 0.284 e. The molecule has 0 atom stereocenters. The fourth-order valence-electron chi connectivity index (χ4n) is 3.99. The highest BCUT2D eigenvalue weighted by Crippen LogP contribution is 2.35. The van der Waals surface area contributed by atoms with Crippen molar-refractivity contribution in [1.29, 1.82) is 0 Å². The van der Waals surface area contributed by atoms with Gasteiger partial charge in [0.1, 0.15) is 0 Å². The Balaban J connectivity index is 1.66. The molecule has 1 aromatic carbocycles. The molecule has 0 saturated heterocycles. The minimum atomic E-state index is -1.14. The number of aliphatic hydroxyl groups is 2. The molecule has 0 bridgehead atoms. The van der Waals surface area contributed by atoms with Crippen LogP contribution in [-0.4, -0.2) is 37.5 Å². The number of carbonyl (C=O) groups is 1. The van der Waals surface area contributed by atoms with E-state index >= 15 is 0 Å². The van der Waals surface area contributed by atoms with Crippen LogP contribution in [0.1, 0.15) is 60.9 Å². The minimum Gasteiger partial charge on any atom is -0.396 e. The van der Waals surface area contributed by atoms with Gasteiger partial charge >= 0.3 is 0 Å². The monoisotopic (exact) mass is 414 g/mol. The molecule has 1 aliphatic rings. The van der Waals surface area contributed by atoms with Crippen LogP contribution in [-0.2, 0) is 5.60 Å². The van der Waals surface area contributed by atoms with Crippen LogP contribution in [0.2, 0.25) is 0 Å². The topological polar surface area (TPSA) is 100 Å². The maximum Gasteiger partial charge on any atom is 0.284 e. The summed E-state index contributed by atoms with van der Waals surface area (Å²) in [5.41, 5.74) is 0.833. The Hall–Kier alpha value is -2.29. The number of amides is 1. The second-order valence-corrected chi connectivity index (χ2v) is 9.17. The Kier molecular flexibility index (Phi) is 5.42. The van der Waals surface area contributed by atoms with Gasteiger partial charge in [-0.2, -0.15) is 5.10 Å². The third-order valence-corrected chi connectivity index (χ3v) is 6.42. The Labute approximate surface area is 173 Å². The Morgan fingerprint density at radius 2 is 2.07 bits per heavy atom. The summed E-state index contributed by atoms with van der Waals surface area (Å²) in [4.78, 5) is 16.6. The second kappa shape index (κ2) is 7.85. The van der Waals surface area contributed by atoms with Crippen molar-refractivity contribution in [3.63, 3.8) is 0 Å². The molecular formula is C21H26N4O3S. The lowest BCUT2D eigenvalue weighted by Crippen LogP contribution is -2.21. The molecule has 0 spiro atoms. The zero-order valence-corrected chi connectivity index (χ0v) is 17.4. The standard InChI is InChI=1S/C21H26N4O3S/c1-21(2,28)16-10-17-14(9-18(16)23-19(27)20-22-7-8-29-20)11-25(24-17)15-5-3-13(12-26)4-6-15/h7-11,13,15,26,28H,3-6,12H2,1-2H3,(H,23,27)/t13-,15-. The van der Waals surface area contributed by atoms with Crippen molar-refractivity contribution in [1.82, 2.24) is 14.8 Å². The predicted molar refractivity (Wildman–Crippen MR) is 113 cm³/mol. The van der Waals surface area contributed by atoms with Gasteiger partial charge in [-0.05, 0) is 57.6 Å². The summed E-state index contributed by atoms with van der Waals surface area (Å²) in [5.74, 6) is 0.102. The van der Waals surface area contributed by atoms with Crippen LogP contribution in [0, 0.1) is 5.92 Å². The van der Waals surface area contributed by atoms with Gasteiger partial charge in [0.2, 0.25) is 0 Å². The molecule has 3 aromatic rings.